The van der Waals surface area contributed by atoms with E-state index in [1.807, 2.05) is 0 Å². The first-order valence-corrected chi connectivity index (χ1v) is 7.60. The Labute approximate surface area is 123 Å². The maximum atomic E-state index is 13.5. The second kappa shape index (κ2) is 6.13. The molecule has 0 amide bonds. The zero-order valence-corrected chi connectivity index (χ0v) is 13.1. The van der Waals surface area contributed by atoms with Crippen molar-refractivity contribution in [2.75, 3.05) is 13.7 Å². The third-order valence-corrected chi connectivity index (χ3v) is 4.35. The van der Waals surface area contributed by atoms with Crippen LogP contribution in [0.1, 0.15) is 19.4 Å². The minimum atomic E-state index is -3.82. The predicted molar refractivity (Wildman–Crippen MR) is 78.6 cm³/mol. The van der Waals surface area contributed by atoms with E-state index in [0.717, 1.165) is 18.2 Å². The van der Waals surface area contributed by atoms with E-state index >= 15 is 0 Å². The lowest BCUT2D eigenvalue weighted by Gasteiger charge is -2.25. The molecule has 0 atom stereocenters. The summed E-state index contributed by atoms with van der Waals surface area (Å²) in [5.41, 5.74) is 4.45. The summed E-state index contributed by atoms with van der Waals surface area (Å²) < 4.78 is 45.4. The standard InChI is InChI=1S/C12H17FN2O3S2/c1-12(2,7-18-3)15-20(16,17)8-4-5-10(13)9(6-8)11(14)19/h4-6,15H,7H2,1-3H3,(H2,14,19). The molecule has 0 aromatic heterocycles. The molecule has 0 aliphatic rings. The van der Waals surface area contributed by atoms with Gasteiger partial charge in [-0.3, -0.25) is 0 Å². The molecule has 0 unspecified atom stereocenters. The fourth-order valence-electron chi connectivity index (χ4n) is 1.67. The number of thiocarbonyl (C=S) groups is 1. The smallest absolute Gasteiger partial charge is 0.241 e. The number of nitrogens with two attached hydrogens (primary N) is 1. The fourth-order valence-corrected chi connectivity index (χ4v) is 3.25. The lowest BCUT2D eigenvalue weighted by molar-refractivity contribution is 0.141. The molecular weight excluding hydrogens is 303 g/mol. The molecule has 0 aliphatic heterocycles. The van der Waals surface area contributed by atoms with Crippen molar-refractivity contribution in [2.45, 2.75) is 24.3 Å². The summed E-state index contributed by atoms with van der Waals surface area (Å²) in [6.45, 7) is 3.54. The summed E-state index contributed by atoms with van der Waals surface area (Å²) in [6.07, 6.45) is 0. The van der Waals surface area contributed by atoms with E-state index < -0.39 is 21.4 Å². The Morgan fingerprint density at radius 3 is 2.60 bits per heavy atom. The minimum Gasteiger partial charge on any atom is -0.389 e. The average molecular weight is 320 g/mol. The lowest BCUT2D eigenvalue weighted by atomic mass is 10.1. The van der Waals surface area contributed by atoms with Gasteiger partial charge in [-0.05, 0) is 32.0 Å². The maximum absolute atomic E-state index is 13.5. The maximum Gasteiger partial charge on any atom is 0.241 e. The van der Waals surface area contributed by atoms with Crippen LogP contribution in [0.4, 0.5) is 4.39 Å². The largest absolute Gasteiger partial charge is 0.389 e. The molecule has 20 heavy (non-hydrogen) atoms. The van der Waals surface area contributed by atoms with Crippen molar-refractivity contribution in [3.05, 3.63) is 29.6 Å². The highest BCUT2D eigenvalue weighted by molar-refractivity contribution is 7.89. The molecule has 112 valence electrons. The van der Waals surface area contributed by atoms with Gasteiger partial charge in [0.1, 0.15) is 10.8 Å². The van der Waals surface area contributed by atoms with E-state index in [0.29, 0.717) is 0 Å². The summed E-state index contributed by atoms with van der Waals surface area (Å²) in [5, 5.41) is 0. The van der Waals surface area contributed by atoms with Gasteiger partial charge >= 0.3 is 0 Å². The summed E-state index contributed by atoms with van der Waals surface area (Å²) in [5.74, 6) is -0.660. The molecule has 5 nitrogen and oxygen atoms in total. The number of rotatable bonds is 6. The van der Waals surface area contributed by atoms with Crippen LogP contribution in [0.2, 0.25) is 0 Å². The number of halogens is 1. The topological polar surface area (TPSA) is 81.4 Å². The summed E-state index contributed by atoms with van der Waals surface area (Å²) in [4.78, 5) is -0.304. The average Bonchev–Trinajstić information content (AvgIpc) is 2.26. The number of hydrogen-bond donors (Lipinski definition) is 2. The van der Waals surface area contributed by atoms with Gasteiger partial charge in [-0.1, -0.05) is 12.2 Å². The van der Waals surface area contributed by atoms with Gasteiger partial charge in [0.15, 0.2) is 0 Å². The van der Waals surface area contributed by atoms with Crippen molar-refractivity contribution in [3.8, 4) is 0 Å². The van der Waals surface area contributed by atoms with Crippen LogP contribution in [0.3, 0.4) is 0 Å². The van der Waals surface area contributed by atoms with Crippen LogP contribution in [-0.2, 0) is 14.8 Å². The minimum absolute atomic E-state index is 0.104. The number of hydrogen-bond acceptors (Lipinski definition) is 4. The van der Waals surface area contributed by atoms with E-state index in [2.05, 4.69) is 16.9 Å². The zero-order chi connectivity index (χ0) is 15.6. The van der Waals surface area contributed by atoms with Gasteiger partial charge in [0.05, 0.1) is 17.0 Å². The van der Waals surface area contributed by atoms with Gasteiger partial charge in [0.25, 0.3) is 0 Å². The predicted octanol–water partition coefficient (Wildman–Crippen LogP) is 1.16. The lowest BCUT2D eigenvalue weighted by Crippen LogP contribution is -2.46. The Morgan fingerprint density at radius 1 is 1.50 bits per heavy atom. The van der Waals surface area contributed by atoms with Gasteiger partial charge in [-0.2, -0.15) is 0 Å². The number of ether oxygens (including phenoxy) is 1. The monoisotopic (exact) mass is 320 g/mol. The van der Waals surface area contributed by atoms with Crippen LogP contribution >= 0.6 is 12.2 Å². The number of methoxy groups -OCH3 is 1. The molecule has 3 N–H and O–H groups in total. The van der Waals surface area contributed by atoms with Crippen molar-refractivity contribution in [1.29, 1.82) is 0 Å². The Hall–Kier alpha value is -1.09. The van der Waals surface area contributed by atoms with Crippen molar-refractivity contribution in [3.63, 3.8) is 0 Å². The van der Waals surface area contributed by atoms with Gasteiger partial charge in [0, 0.05) is 12.7 Å². The second-order valence-corrected chi connectivity index (χ2v) is 7.05. The SMILES string of the molecule is COCC(C)(C)NS(=O)(=O)c1ccc(F)c(C(N)=S)c1. The molecule has 0 saturated carbocycles. The van der Waals surface area contributed by atoms with Gasteiger partial charge in [-0.15, -0.1) is 0 Å². The Bertz CT molecular complexity index is 615. The summed E-state index contributed by atoms with van der Waals surface area (Å²) in [7, 11) is -2.35. The van der Waals surface area contributed by atoms with Gasteiger partial charge < -0.3 is 10.5 Å². The van der Waals surface area contributed by atoms with Crippen molar-refractivity contribution >= 4 is 27.2 Å². The Balaban J connectivity index is 3.17. The highest BCUT2D eigenvalue weighted by atomic mass is 32.2. The molecule has 0 bridgehead atoms. The Kier molecular flexibility index (Phi) is 5.20. The molecule has 0 heterocycles. The zero-order valence-electron chi connectivity index (χ0n) is 11.4. The fraction of sp³-hybridized carbons (Fsp3) is 0.417. The molecule has 1 aromatic rings. The van der Waals surface area contributed by atoms with E-state index in [-0.39, 0.29) is 22.1 Å². The molecule has 0 aliphatic carbocycles. The van der Waals surface area contributed by atoms with Crippen molar-refractivity contribution in [2.24, 2.45) is 5.73 Å². The molecule has 1 rings (SSSR count). The Morgan fingerprint density at radius 2 is 2.10 bits per heavy atom. The van der Waals surface area contributed by atoms with E-state index in [9.17, 15) is 12.8 Å². The van der Waals surface area contributed by atoms with Crippen LogP contribution in [0.5, 0.6) is 0 Å². The van der Waals surface area contributed by atoms with Gasteiger partial charge in [0.2, 0.25) is 10.0 Å². The van der Waals surface area contributed by atoms with Crippen LogP contribution in [0.25, 0.3) is 0 Å². The van der Waals surface area contributed by atoms with Gasteiger partial charge in [-0.25, -0.2) is 17.5 Å². The molecule has 1 aromatic carbocycles. The number of sulfonamides is 1. The quantitative estimate of drug-likeness (QED) is 0.769. The van der Waals surface area contributed by atoms with E-state index in [1.165, 1.54) is 7.11 Å². The van der Waals surface area contributed by atoms with Crippen LogP contribution < -0.4 is 10.5 Å². The molecular formula is C12H17FN2O3S2. The second-order valence-electron chi connectivity index (χ2n) is 4.93. The highest BCUT2D eigenvalue weighted by Gasteiger charge is 2.27. The highest BCUT2D eigenvalue weighted by Crippen LogP contribution is 2.17. The van der Waals surface area contributed by atoms with Crippen LogP contribution in [0, 0.1) is 5.82 Å². The first-order chi connectivity index (χ1) is 9.09. The third-order valence-electron chi connectivity index (χ3n) is 2.43. The molecule has 8 heteroatoms. The van der Waals surface area contributed by atoms with Crippen LogP contribution in [0.15, 0.2) is 23.1 Å². The third kappa shape index (κ3) is 4.20. The summed E-state index contributed by atoms with van der Waals surface area (Å²) in [6, 6.07) is 3.29. The summed E-state index contributed by atoms with van der Waals surface area (Å²) >= 11 is 4.69. The molecule has 0 fully saturated rings. The first-order valence-electron chi connectivity index (χ1n) is 5.71. The van der Waals surface area contributed by atoms with Crippen molar-refractivity contribution in [1.82, 2.24) is 4.72 Å². The van der Waals surface area contributed by atoms with E-state index in [4.69, 9.17) is 10.5 Å². The normalized spacial score (nSPS) is 12.4. The van der Waals surface area contributed by atoms with E-state index in [1.54, 1.807) is 13.8 Å². The first kappa shape index (κ1) is 17.0. The molecule has 0 spiro atoms. The van der Waals surface area contributed by atoms with Crippen LogP contribution in [-0.4, -0.2) is 32.7 Å². The number of benzene rings is 1. The number of nitrogens with one attached hydrogen (secondary N) is 1. The molecule has 0 radical (unpaired) electrons. The molecule has 0 saturated heterocycles. The van der Waals surface area contributed by atoms with Crippen molar-refractivity contribution < 1.29 is 17.5 Å².